The molecule has 1 fully saturated rings. The summed E-state index contributed by atoms with van der Waals surface area (Å²) in [6, 6.07) is 0. The monoisotopic (exact) mass is 176 g/mol. The molecular formula is C6H8O6. The molecular weight excluding hydrogens is 168 g/mol. The maximum absolute atomic E-state index is 10.7. The molecule has 0 aromatic rings. The predicted molar refractivity (Wildman–Crippen MR) is 33.4 cm³/mol. The molecule has 2 N–H and O–H groups in total. The maximum atomic E-state index is 10.7. The summed E-state index contributed by atoms with van der Waals surface area (Å²) in [7, 11) is 0. The van der Waals surface area contributed by atoms with E-state index in [9.17, 15) is 9.59 Å². The van der Waals surface area contributed by atoms with Crippen molar-refractivity contribution in [1.82, 2.24) is 0 Å². The van der Waals surface area contributed by atoms with Crippen molar-refractivity contribution >= 4 is 11.9 Å². The van der Waals surface area contributed by atoms with Crippen LogP contribution in [0.3, 0.4) is 0 Å². The standard InChI is InChI=1S/C6H8O6/c1-5(2)11-3(7)6(9,10)4(8)12-5/h9-10H,1-2H3. The Labute approximate surface area is 67.7 Å². The highest BCUT2D eigenvalue weighted by Crippen LogP contribution is 2.23. The van der Waals surface area contributed by atoms with Crippen LogP contribution in [-0.4, -0.2) is 33.7 Å². The van der Waals surface area contributed by atoms with Crippen molar-refractivity contribution in [2.45, 2.75) is 25.4 Å². The van der Waals surface area contributed by atoms with Gasteiger partial charge in [0.15, 0.2) is 0 Å². The Kier molecular flexibility index (Phi) is 1.62. The second-order valence-electron chi connectivity index (χ2n) is 2.85. The van der Waals surface area contributed by atoms with E-state index in [4.69, 9.17) is 10.2 Å². The van der Waals surface area contributed by atoms with Gasteiger partial charge in [0.05, 0.1) is 0 Å². The summed E-state index contributed by atoms with van der Waals surface area (Å²) < 4.78 is 8.75. The molecule has 0 aromatic carbocycles. The predicted octanol–water partition coefficient (Wildman–Crippen LogP) is -1.50. The third-order valence-corrected chi connectivity index (χ3v) is 1.25. The normalized spacial score (nSPS) is 26.0. The SMILES string of the molecule is CC1(C)OC(=O)C(O)(O)C(=O)O1. The quantitative estimate of drug-likeness (QED) is 0.265. The summed E-state index contributed by atoms with van der Waals surface area (Å²) in [5.74, 6) is -7.47. The highest BCUT2D eigenvalue weighted by atomic mass is 16.8. The van der Waals surface area contributed by atoms with Crippen LogP contribution in [0, 0.1) is 0 Å². The molecule has 1 saturated heterocycles. The molecule has 6 nitrogen and oxygen atoms in total. The van der Waals surface area contributed by atoms with Gasteiger partial charge in [-0.15, -0.1) is 0 Å². The Morgan fingerprint density at radius 1 is 1.08 bits per heavy atom. The van der Waals surface area contributed by atoms with Crippen molar-refractivity contribution < 1.29 is 29.3 Å². The van der Waals surface area contributed by atoms with Gasteiger partial charge >= 0.3 is 17.7 Å². The molecule has 1 aliphatic heterocycles. The number of carbonyl (C=O) groups is 2. The smallest absolute Gasteiger partial charge is 0.382 e. The average Bonchev–Trinajstić information content (AvgIpc) is 1.82. The van der Waals surface area contributed by atoms with Crippen LogP contribution in [0.1, 0.15) is 13.8 Å². The summed E-state index contributed by atoms with van der Waals surface area (Å²) in [6.07, 6.45) is 0. The van der Waals surface area contributed by atoms with Gasteiger partial charge in [-0.05, 0) is 0 Å². The van der Waals surface area contributed by atoms with Gasteiger partial charge in [0.25, 0.3) is 5.79 Å². The van der Waals surface area contributed by atoms with Gasteiger partial charge in [0.2, 0.25) is 0 Å². The van der Waals surface area contributed by atoms with Crippen LogP contribution in [-0.2, 0) is 19.1 Å². The fourth-order valence-corrected chi connectivity index (χ4v) is 0.693. The molecule has 68 valence electrons. The lowest BCUT2D eigenvalue weighted by atomic mass is 10.2. The summed E-state index contributed by atoms with van der Waals surface area (Å²) in [5, 5.41) is 17.5. The summed E-state index contributed by atoms with van der Waals surface area (Å²) in [4.78, 5) is 21.4. The van der Waals surface area contributed by atoms with Crippen molar-refractivity contribution in [3.63, 3.8) is 0 Å². The third kappa shape index (κ3) is 1.26. The molecule has 0 saturated carbocycles. The van der Waals surface area contributed by atoms with E-state index in [1.54, 1.807) is 0 Å². The minimum atomic E-state index is -3.17. The number of ether oxygens (including phenoxy) is 2. The molecule has 0 atom stereocenters. The highest BCUT2D eigenvalue weighted by Gasteiger charge is 2.54. The molecule has 0 unspecified atom stereocenters. The number of cyclic esters (lactones) is 2. The Bertz CT molecular complexity index is 218. The van der Waals surface area contributed by atoms with Crippen LogP contribution < -0.4 is 0 Å². The van der Waals surface area contributed by atoms with E-state index in [1.165, 1.54) is 13.8 Å². The van der Waals surface area contributed by atoms with Crippen molar-refractivity contribution in [2.75, 3.05) is 0 Å². The third-order valence-electron chi connectivity index (χ3n) is 1.25. The molecule has 0 bridgehead atoms. The zero-order valence-electron chi connectivity index (χ0n) is 6.53. The van der Waals surface area contributed by atoms with Gasteiger partial charge in [-0.25, -0.2) is 9.59 Å². The van der Waals surface area contributed by atoms with Gasteiger partial charge in [-0.3, -0.25) is 0 Å². The molecule has 0 spiro atoms. The Morgan fingerprint density at radius 3 is 1.75 bits per heavy atom. The van der Waals surface area contributed by atoms with Crippen molar-refractivity contribution in [1.29, 1.82) is 0 Å². The number of aliphatic hydroxyl groups is 2. The van der Waals surface area contributed by atoms with Gasteiger partial charge in [0.1, 0.15) is 0 Å². The first-order valence-electron chi connectivity index (χ1n) is 3.17. The van der Waals surface area contributed by atoms with E-state index >= 15 is 0 Å². The van der Waals surface area contributed by atoms with Crippen LogP contribution in [0.25, 0.3) is 0 Å². The first-order valence-corrected chi connectivity index (χ1v) is 3.17. The largest absolute Gasteiger partial charge is 0.419 e. The molecule has 12 heavy (non-hydrogen) atoms. The van der Waals surface area contributed by atoms with Crippen LogP contribution >= 0.6 is 0 Å². The van der Waals surface area contributed by atoms with Crippen molar-refractivity contribution in [2.24, 2.45) is 0 Å². The molecule has 1 rings (SSSR count). The van der Waals surface area contributed by atoms with Crippen LogP contribution in [0.5, 0.6) is 0 Å². The Morgan fingerprint density at radius 2 is 1.42 bits per heavy atom. The van der Waals surface area contributed by atoms with E-state index in [0.29, 0.717) is 0 Å². The first-order chi connectivity index (χ1) is 5.26. The molecule has 0 amide bonds. The minimum Gasteiger partial charge on any atom is -0.419 e. The van der Waals surface area contributed by atoms with Crippen molar-refractivity contribution in [3.05, 3.63) is 0 Å². The van der Waals surface area contributed by atoms with Crippen molar-refractivity contribution in [3.8, 4) is 0 Å². The lowest BCUT2D eigenvalue weighted by Gasteiger charge is -2.34. The molecule has 1 heterocycles. The lowest BCUT2D eigenvalue weighted by Crippen LogP contribution is -2.58. The highest BCUT2D eigenvalue weighted by molar-refractivity contribution is 6.02. The fourth-order valence-electron chi connectivity index (χ4n) is 0.693. The zero-order chi connectivity index (χ0) is 9.57. The fraction of sp³-hybridized carbons (Fsp3) is 0.667. The minimum absolute atomic E-state index is 1.30. The molecule has 6 heteroatoms. The van der Waals surface area contributed by atoms with Gasteiger partial charge in [-0.1, -0.05) is 0 Å². The van der Waals surface area contributed by atoms with E-state index in [1.807, 2.05) is 0 Å². The summed E-state index contributed by atoms with van der Waals surface area (Å²) in [5.41, 5.74) is 0. The number of hydrogen-bond donors (Lipinski definition) is 2. The lowest BCUT2D eigenvalue weighted by molar-refractivity contribution is -0.291. The molecule has 0 aromatic heterocycles. The van der Waals surface area contributed by atoms with Crippen LogP contribution in [0.2, 0.25) is 0 Å². The topological polar surface area (TPSA) is 93.1 Å². The number of hydrogen-bond acceptors (Lipinski definition) is 6. The summed E-state index contributed by atoms with van der Waals surface area (Å²) >= 11 is 0. The molecule has 0 aliphatic carbocycles. The van der Waals surface area contributed by atoms with E-state index in [0.717, 1.165) is 0 Å². The maximum Gasteiger partial charge on any atom is 0.382 e. The van der Waals surface area contributed by atoms with Gasteiger partial charge in [-0.2, -0.15) is 0 Å². The van der Waals surface area contributed by atoms with E-state index in [-0.39, 0.29) is 0 Å². The second kappa shape index (κ2) is 2.18. The van der Waals surface area contributed by atoms with E-state index in [2.05, 4.69) is 9.47 Å². The van der Waals surface area contributed by atoms with Crippen LogP contribution in [0.4, 0.5) is 0 Å². The Balaban J connectivity index is 2.93. The van der Waals surface area contributed by atoms with E-state index < -0.39 is 23.5 Å². The average molecular weight is 176 g/mol. The molecule has 1 aliphatic rings. The molecule has 0 radical (unpaired) electrons. The van der Waals surface area contributed by atoms with Gasteiger partial charge in [0, 0.05) is 13.8 Å². The summed E-state index contributed by atoms with van der Waals surface area (Å²) in [6.45, 7) is 2.61. The van der Waals surface area contributed by atoms with Gasteiger partial charge < -0.3 is 19.7 Å². The zero-order valence-corrected chi connectivity index (χ0v) is 6.53. The number of esters is 2. The first kappa shape index (κ1) is 8.95. The second-order valence-corrected chi connectivity index (χ2v) is 2.85. The Hall–Kier alpha value is -1.14. The van der Waals surface area contributed by atoms with Crippen LogP contribution in [0.15, 0.2) is 0 Å². The number of carbonyl (C=O) groups excluding carboxylic acids is 2. The number of rotatable bonds is 0.